The molecule has 1 aliphatic rings. The summed E-state index contributed by atoms with van der Waals surface area (Å²) in [6, 6.07) is 9.38. The van der Waals surface area contributed by atoms with E-state index >= 15 is 0 Å². The molecule has 0 heterocycles. The summed E-state index contributed by atoms with van der Waals surface area (Å²) in [6.45, 7) is -0.0123. The second-order valence-electron chi connectivity index (χ2n) is 4.73. The Morgan fingerprint density at radius 3 is 2.29 bits per heavy atom. The average molecular weight is 255 g/mol. The highest BCUT2D eigenvalue weighted by Gasteiger charge is 2.68. The molecule has 3 atom stereocenters. The fourth-order valence-corrected chi connectivity index (χ4v) is 4.80. The van der Waals surface area contributed by atoms with Crippen LogP contribution < -0.4 is 5.73 Å². The van der Waals surface area contributed by atoms with E-state index in [4.69, 9.17) is 5.73 Å². The highest BCUT2D eigenvalue weighted by Crippen LogP contribution is 2.61. The maximum absolute atomic E-state index is 11.7. The molecule has 1 fully saturated rings. The number of rotatable bonds is 4. The molecule has 94 valence electrons. The highest BCUT2D eigenvalue weighted by molar-refractivity contribution is 7.91. The van der Waals surface area contributed by atoms with Crippen LogP contribution in [0.15, 0.2) is 30.3 Å². The van der Waals surface area contributed by atoms with Crippen molar-refractivity contribution in [1.29, 1.82) is 0 Å². The minimum atomic E-state index is -3.20. The van der Waals surface area contributed by atoms with Gasteiger partial charge in [-0.25, -0.2) is 8.42 Å². The van der Waals surface area contributed by atoms with E-state index in [-0.39, 0.29) is 19.1 Å². The van der Waals surface area contributed by atoms with E-state index in [1.54, 1.807) is 0 Å². The monoisotopic (exact) mass is 255 g/mol. The van der Waals surface area contributed by atoms with Gasteiger partial charge in [0.25, 0.3) is 0 Å². The lowest BCUT2D eigenvalue weighted by Gasteiger charge is -2.11. The standard InChI is InChI=1S/C12H17NO3S/c1-17(15,16)11-10(12(11,7-13)8-14)9-5-3-2-4-6-9/h2-6,10-11,14H,7-8,13H2,1H3/t10-,11+,12+/m0/s1. The molecule has 0 unspecified atom stereocenters. The lowest BCUT2D eigenvalue weighted by atomic mass is 10.0. The first kappa shape index (κ1) is 12.5. The minimum Gasteiger partial charge on any atom is -0.396 e. The van der Waals surface area contributed by atoms with Crippen molar-refractivity contribution in [2.45, 2.75) is 11.2 Å². The number of aliphatic hydroxyl groups excluding tert-OH is 1. The summed E-state index contributed by atoms with van der Waals surface area (Å²) in [5.74, 6) is -0.186. The summed E-state index contributed by atoms with van der Waals surface area (Å²) in [5.41, 5.74) is 5.90. The number of benzene rings is 1. The van der Waals surface area contributed by atoms with E-state index < -0.39 is 20.5 Å². The Kier molecular flexibility index (Phi) is 3.01. The van der Waals surface area contributed by atoms with Gasteiger partial charge in [-0.1, -0.05) is 30.3 Å². The Morgan fingerprint density at radius 2 is 1.94 bits per heavy atom. The van der Waals surface area contributed by atoms with Crippen LogP contribution in [0.3, 0.4) is 0 Å². The molecule has 0 saturated heterocycles. The van der Waals surface area contributed by atoms with E-state index in [9.17, 15) is 13.5 Å². The van der Waals surface area contributed by atoms with Gasteiger partial charge in [-0.3, -0.25) is 0 Å². The van der Waals surface area contributed by atoms with Crippen molar-refractivity contribution in [3.63, 3.8) is 0 Å². The lowest BCUT2D eigenvalue weighted by Crippen LogP contribution is -2.27. The van der Waals surface area contributed by atoms with Crippen LogP contribution in [0.5, 0.6) is 0 Å². The quantitative estimate of drug-likeness (QED) is 0.801. The van der Waals surface area contributed by atoms with Crippen molar-refractivity contribution in [3.8, 4) is 0 Å². The SMILES string of the molecule is CS(=O)(=O)[C@@H]1[C@H](c2ccccc2)[C@@]1(CN)CO. The molecule has 0 aliphatic heterocycles. The largest absolute Gasteiger partial charge is 0.396 e. The molecule has 0 amide bonds. The minimum absolute atomic E-state index is 0.181. The fourth-order valence-electron chi connectivity index (χ4n) is 2.79. The zero-order valence-electron chi connectivity index (χ0n) is 9.70. The average Bonchev–Trinajstić information content (AvgIpc) is 3.00. The van der Waals surface area contributed by atoms with E-state index in [2.05, 4.69) is 0 Å². The molecule has 3 N–H and O–H groups in total. The molecule has 17 heavy (non-hydrogen) atoms. The molecule has 0 radical (unpaired) electrons. The number of hydrogen-bond donors (Lipinski definition) is 2. The van der Waals surface area contributed by atoms with Crippen molar-refractivity contribution >= 4 is 9.84 Å². The predicted molar refractivity (Wildman–Crippen MR) is 66.4 cm³/mol. The molecule has 2 rings (SSSR count). The van der Waals surface area contributed by atoms with E-state index in [1.165, 1.54) is 6.26 Å². The molecular weight excluding hydrogens is 238 g/mol. The molecule has 0 spiro atoms. The van der Waals surface area contributed by atoms with Gasteiger partial charge in [0.1, 0.15) is 0 Å². The van der Waals surface area contributed by atoms with Crippen molar-refractivity contribution in [1.82, 2.24) is 0 Å². The normalized spacial score (nSPS) is 32.4. The zero-order valence-corrected chi connectivity index (χ0v) is 10.5. The first-order valence-electron chi connectivity index (χ1n) is 5.52. The first-order valence-corrected chi connectivity index (χ1v) is 7.47. The number of aliphatic hydroxyl groups is 1. The van der Waals surface area contributed by atoms with Crippen LogP contribution in [-0.2, 0) is 9.84 Å². The molecule has 1 aromatic rings. The van der Waals surface area contributed by atoms with Crippen molar-refractivity contribution in [2.24, 2.45) is 11.1 Å². The van der Waals surface area contributed by atoms with Crippen LogP contribution in [0.2, 0.25) is 0 Å². The molecule has 0 aromatic heterocycles. The Hall–Kier alpha value is -0.910. The Balaban J connectivity index is 2.42. The van der Waals surface area contributed by atoms with Crippen LogP contribution >= 0.6 is 0 Å². The van der Waals surface area contributed by atoms with E-state index in [1.807, 2.05) is 30.3 Å². The van der Waals surface area contributed by atoms with E-state index in [0.29, 0.717) is 0 Å². The van der Waals surface area contributed by atoms with Crippen LogP contribution in [-0.4, -0.2) is 38.2 Å². The number of sulfone groups is 1. The molecule has 1 aromatic carbocycles. The summed E-state index contributed by atoms with van der Waals surface area (Å²) in [4.78, 5) is 0. The third-order valence-corrected chi connectivity index (χ3v) is 5.34. The molecular formula is C12H17NO3S. The van der Waals surface area contributed by atoms with Gasteiger partial charge in [0.15, 0.2) is 9.84 Å². The highest BCUT2D eigenvalue weighted by atomic mass is 32.2. The molecule has 1 saturated carbocycles. The van der Waals surface area contributed by atoms with Crippen molar-refractivity contribution in [3.05, 3.63) is 35.9 Å². The third-order valence-electron chi connectivity index (χ3n) is 3.67. The summed E-state index contributed by atoms with van der Waals surface area (Å²) >= 11 is 0. The Morgan fingerprint density at radius 1 is 1.35 bits per heavy atom. The maximum atomic E-state index is 11.7. The summed E-state index contributed by atoms with van der Waals surface area (Å²) in [6.07, 6.45) is 1.21. The Labute approximate surface area is 101 Å². The van der Waals surface area contributed by atoms with Gasteiger partial charge >= 0.3 is 0 Å². The van der Waals surface area contributed by atoms with Gasteiger partial charge in [-0.15, -0.1) is 0 Å². The van der Waals surface area contributed by atoms with Crippen LogP contribution in [0, 0.1) is 5.41 Å². The molecule has 4 nitrogen and oxygen atoms in total. The molecule has 0 bridgehead atoms. The van der Waals surface area contributed by atoms with Crippen LogP contribution in [0.1, 0.15) is 11.5 Å². The summed E-state index contributed by atoms with van der Waals surface area (Å²) in [5, 5.41) is 8.91. The fraction of sp³-hybridized carbons (Fsp3) is 0.500. The summed E-state index contributed by atoms with van der Waals surface area (Å²) in [7, 11) is -3.20. The van der Waals surface area contributed by atoms with Crippen LogP contribution in [0.25, 0.3) is 0 Å². The van der Waals surface area contributed by atoms with Gasteiger partial charge < -0.3 is 10.8 Å². The second-order valence-corrected chi connectivity index (χ2v) is 6.90. The predicted octanol–water partition coefficient (Wildman–Crippen LogP) is 0.134. The van der Waals surface area contributed by atoms with Gasteiger partial charge in [0.2, 0.25) is 0 Å². The van der Waals surface area contributed by atoms with Crippen LogP contribution in [0.4, 0.5) is 0 Å². The molecule has 1 aliphatic carbocycles. The number of nitrogens with two attached hydrogens (primary N) is 1. The van der Waals surface area contributed by atoms with Gasteiger partial charge in [-0.05, 0) is 5.56 Å². The lowest BCUT2D eigenvalue weighted by molar-refractivity contribution is 0.212. The van der Waals surface area contributed by atoms with Crippen molar-refractivity contribution in [2.75, 3.05) is 19.4 Å². The third kappa shape index (κ3) is 1.88. The van der Waals surface area contributed by atoms with Gasteiger partial charge in [0.05, 0.1) is 11.9 Å². The number of hydrogen-bond acceptors (Lipinski definition) is 4. The summed E-state index contributed by atoms with van der Waals surface area (Å²) < 4.78 is 23.5. The second kappa shape index (κ2) is 4.08. The smallest absolute Gasteiger partial charge is 0.151 e. The van der Waals surface area contributed by atoms with E-state index in [0.717, 1.165) is 5.56 Å². The molecule has 5 heteroatoms. The zero-order chi connectivity index (χ0) is 12.7. The topological polar surface area (TPSA) is 80.4 Å². The Bertz CT molecular complexity index is 494. The van der Waals surface area contributed by atoms with Gasteiger partial charge in [-0.2, -0.15) is 0 Å². The van der Waals surface area contributed by atoms with Crippen molar-refractivity contribution < 1.29 is 13.5 Å². The van der Waals surface area contributed by atoms with Gasteiger partial charge in [0, 0.05) is 24.1 Å². The first-order chi connectivity index (χ1) is 7.97. The maximum Gasteiger partial charge on any atom is 0.151 e.